The Kier molecular flexibility index (Phi) is 8.28. The second kappa shape index (κ2) is 10.2. The minimum absolute atomic E-state index is 0.0814. The molecule has 136 valence electrons. The van der Waals surface area contributed by atoms with E-state index in [1.807, 2.05) is 44.4 Å². The summed E-state index contributed by atoms with van der Waals surface area (Å²) in [7, 11) is 0. The first kappa shape index (κ1) is 20.3. The Morgan fingerprint density at radius 2 is 1.76 bits per heavy atom. The van der Waals surface area contributed by atoms with Gasteiger partial charge < -0.3 is 5.32 Å². The van der Waals surface area contributed by atoms with Crippen LogP contribution in [0.15, 0.2) is 23.3 Å². The van der Waals surface area contributed by atoms with Crippen molar-refractivity contribution in [2.45, 2.75) is 46.5 Å². The molecule has 1 aromatic carbocycles. The second-order valence-corrected chi connectivity index (χ2v) is 5.65. The molecule has 1 aromatic rings. The fraction of sp³-hybridized carbons (Fsp3) is 0.412. The summed E-state index contributed by atoms with van der Waals surface area (Å²) >= 11 is 0. The molecule has 0 aromatic heterocycles. The van der Waals surface area contributed by atoms with Crippen molar-refractivity contribution in [1.82, 2.24) is 10.9 Å². The predicted molar refractivity (Wildman–Crippen MR) is 97.0 cm³/mol. The molecule has 0 unspecified atom stereocenters. The third-order valence-corrected chi connectivity index (χ3v) is 3.63. The summed E-state index contributed by atoms with van der Waals surface area (Å²) in [6.07, 6.45) is 0.794. The minimum atomic E-state index is -0.661. The third kappa shape index (κ3) is 7.13. The van der Waals surface area contributed by atoms with Crippen LogP contribution in [0.25, 0.3) is 0 Å². The number of nitrogens with two attached hydrogens (primary N) is 1. The highest BCUT2D eigenvalue weighted by Gasteiger charge is 2.12. The number of amides is 3. The lowest BCUT2D eigenvalue weighted by Gasteiger charge is -2.11. The van der Waals surface area contributed by atoms with E-state index in [2.05, 4.69) is 15.8 Å². The molecule has 0 heterocycles. The maximum Gasteiger partial charge on any atom is 0.349 e. The van der Waals surface area contributed by atoms with Gasteiger partial charge in [-0.3, -0.25) is 15.0 Å². The van der Waals surface area contributed by atoms with E-state index in [9.17, 15) is 14.4 Å². The summed E-state index contributed by atoms with van der Waals surface area (Å²) in [4.78, 5) is 35.0. The van der Waals surface area contributed by atoms with Gasteiger partial charge in [0.1, 0.15) is 5.78 Å². The number of Topliss-reactive ketones (excluding diaryl/α,β-unsaturated/α-hetero) is 1. The number of nitrogens with zero attached hydrogens (tertiary/aromatic N) is 1. The van der Waals surface area contributed by atoms with Gasteiger partial charge in [-0.25, -0.2) is 16.1 Å². The monoisotopic (exact) mass is 347 g/mol. The lowest BCUT2D eigenvalue weighted by Crippen LogP contribution is -2.37. The Labute approximate surface area is 147 Å². The van der Waals surface area contributed by atoms with E-state index < -0.39 is 6.03 Å². The molecule has 3 amide bonds. The van der Waals surface area contributed by atoms with Gasteiger partial charge in [0.15, 0.2) is 0 Å². The van der Waals surface area contributed by atoms with Crippen molar-refractivity contribution in [3.8, 4) is 0 Å². The van der Waals surface area contributed by atoms with E-state index in [1.54, 1.807) is 0 Å². The lowest BCUT2D eigenvalue weighted by atomic mass is 10.1. The van der Waals surface area contributed by atoms with Gasteiger partial charge in [-0.15, -0.1) is 0 Å². The number of carbonyl (C=O) groups is 3. The van der Waals surface area contributed by atoms with E-state index in [0.29, 0.717) is 12.1 Å². The van der Waals surface area contributed by atoms with E-state index in [1.165, 1.54) is 0 Å². The minimum Gasteiger partial charge on any atom is -0.326 e. The molecule has 5 N–H and O–H groups in total. The Morgan fingerprint density at radius 3 is 2.32 bits per heavy atom. The molecule has 0 aliphatic rings. The fourth-order valence-electron chi connectivity index (χ4n) is 2.19. The molecule has 8 heteroatoms. The number of hydrogen-bond acceptors (Lipinski definition) is 5. The number of hydrazone groups is 1. The molecule has 1 rings (SSSR count). The summed E-state index contributed by atoms with van der Waals surface area (Å²) in [5.74, 6) is 4.60. The maximum atomic E-state index is 12.1. The first-order valence-electron chi connectivity index (χ1n) is 8.07. The Bertz CT molecular complexity index is 650. The topological polar surface area (TPSA) is 126 Å². The van der Waals surface area contributed by atoms with Gasteiger partial charge in [-0.2, -0.15) is 5.10 Å². The molecular weight excluding hydrogens is 322 g/mol. The van der Waals surface area contributed by atoms with Gasteiger partial charge in [0, 0.05) is 30.7 Å². The van der Waals surface area contributed by atoms with Crippen LogP contribution in [0.4, 0.5) is 10.5 Å². The van der Waals surface area contributed by atoms with Crippen LogP contribution >= 0.6 is 0 Å². The van der Waals surface area contributed by atoms with Gasteiger partial charge in [-0.1, -0.05) is 25.1 Å². The summed E-state index contributed by atoms with van der Waals surface area (Å²) in [5, 5.41) is 6.67. The molecule has 0 fully saturated rings. The number of para-hydroxylation sites is 1. The van der Waals surface area contributed by atoms with Crippen LogP contribution in [0.3, 0.4) is 0 Å². The van der Waals surface area contributed by atoms with Gasteiger partial charge in [0.05, 0.1) is 0 Å². The van der Waals surface area contributed by atoms with Crippen LogP contribution in [0.1, 0.15) is 43.7 Å². The number of aryl methyl sites for hydroxylation is 2. The first-order valence-corrected chi connectivity index (χ1v) is 8.07. The lowest BCUT2D eigenvalue weighted by molar-refractivity contribution is -0.122. The predicted octanol–water partition coefficient (Wildman–Crippen LogP) is 1.92. The number of hydrazine groups is 1. The molecule has 0 saturated heterocycles. The quantitative estimate of drug-likeness (QED) is 0.248. The number of hydrogen-bond donors (Lipinski definition) is 4. The van der Waals surface area contributed by atoms with Crippen LogP contribution < -0.4 is 22.0 Å². The molecule has 0 spiro atoms. The fourth-order valence-corrected chi connectivity index (χ4v) is 2.19. The van der Waals surface area contributed by atoms with E-state index in [-0.39, 0.29) is 31.0 Å². The summed E-state index contributed by atoms with van der Waals surface area (Å²) in [6, 6.07) is 5.10. The highest BCUT2D eigenvalue weighted by molar-refractivity contribution is 6.03. The number of rotatable bonds is 8. The second-order valence-electron chi connectivity index (χ2n) is 5.65. The average Bonchev–Trinajstić information content (AvgIpc) is 2.59. The number of anilines is 1. The SMILES string of the molecule is CC/C(CC(=O)CCC(=O)Nc1c(C)cccc1C)=N\NC(=O)NN. The van der Waals surface area contributed by atoms with E-state index >= 15 is 0 Å². The van der Waals surface area contributed by atoms with E-state index in [0.717, 1.165) is 16.8 Å². The molecule has 0 aliphatic carbocycles. The summed E-state index contributed by atoms with van der Waals surface area (Å²) in [5.41, 5.74) is 7.31. The molecular formula is C17H25N5O3. The van der Waals surface area contributed by atoms with Gasteiger partial charge >= 0.3 is 6.03 Å². The Balaban J connectivity index is 2.50. The number of ketones is 1. The van der Waals surface area contributed by atoms with E-state index in [4.69, 9.17) is 5.84 Å². The summed E-state index contributed by atoms with van der Waals surface area (Å²) < 4.78 is 0. The molecule has 0 saturated carbocycles. The smallest absolute Gasteiger partial charge is 0.326 e. The van der Waals surface area contributed by atoms with Crippen molar-refractivity contribution >= 4 is 29.1 Å². The van der Waals surface area contributed by atoms with Crippen LogP contribution in [0.2, 0.25) is 0 Å². The zero-order chi connectivity index (χ0) is 18.8. The number of benzene rings is 1. The third-order valence-electron chi connectivity index (χ3n) is 3.63. The van der Waals surface area contributed by atoms with Gasteiger partial charge in [-0.05, 0) is 31.4 Å². The number of urea groups is 1. The molecule has 0 bridgehead atoms. The standard InChI is InChI=1S/C17H25N5O3/c1-4-13(21-22-17(25)20-18)10-14(23)8-9-15(24)19-16-11(2)6-5-7-12(16)3/h5-7H,4,8-10,18H2,1-3H3,(H,19,24)(H2,20,22,25)/b21-13+. The van der Waals surface area contributed by atoms with Crippen molar-refractivity contribution in [1.29, 1.82) is 0 Å². The molecule has 8 nitrogen and oxygen atoms in total. The van der Waals surface area contributed by atoms with Gasteiger partial charge in [0.2, 0.25) is 5.91 Å². The molecule has 0 atom stereocenters. The summed E-state index contributed by atoms with van der Waals surface area (Å²) in [6.45, 7) is 5.66. The maximum absolute atomic E-state index is 12.1. The Hall–Kier alpha value is -2.74. The first-order chi connectivity index (χ1) is 11.9. The van der Waals surface area contributed by atoms with Crippen LogP contribution in [-0.2, 0) is 9.59 Å². The van der Waals surface area contributed by atoms with Crippen molar-refractivity contribution in [3.63, 3.8) is 0 Å². The number of carbonyl (C=O) groups excluding carboxylic acids is 3. The largest absolute Gasteiger partial charge is 0.349 e. The zero-order valence-corrected chi connectivity index (χ0v) is 14.8. The molecule has 0 radical (unpaired) electrons. The normalized spacial score (nSPS) is 11.0. The van der Waals surface area contributed by atoms with Crippen molar-refractivity contribution in [2.24, 2.45) is 10.9 Å². The average molecular weight is 347 g/mol. The highest BCUT2D eigenvalue weighted by Crippen LogP contribution is 2.19. The van der Waals surface area contributed by atoms with Gasteiger partial charge in [0.25, 0.3) is 0 Å². The van der Waals surface area contributed by atoms with Crippen LogP contribution in [0.5, 0.6) is 0 Å². The van der Waals surface area contributed by atoms with Crippen molar-refractivity contribution < 1.29 is 14.4 Å². The Morgan fingerprint density at radius 1 is 1.12 bits per heavy atom. The van der Waals surface area contributed by atoms with Crippen molar-refractivity contribution in [2.75, 3.05) is 5.32 Å². The van der Waals surface area contributed by atoms with Crippen LogP contribution in [0, 0.1) is 13.8 Å². The van der Waals surface area contributed by atoms with Crippen LogP contribution in [-0.4, -0.2) is 23.4 Å². The zero-order valence-electron chi connectivity index (χ0n) is 14.8. The molecule has 25 heavy (non-hydrogen) atoms. The van der Waals surface area contributed by atoms with Crippen molar-refractivity contribution in [3.05, 3.63) is 29.3 Å². The molecule has 0 aliphatic heterocycles. The number of nitrogens with one attached hydrogen (secondary N) is 3. The highest BCUT2D eigenvalue weighted by atomic mass is 16.2.